The molecule has 2 aliphatic heterocycles. The number of aliphatic hydroxyl groups is 1. The Balaban J connectivity index is 1.54. The average molecular weight is 394 g/mol. The van der Waals surface area contributed by atoms with Crippen molar-refractivity contribution in [1.29, 1.82) is 0 Å². The predicted octanol–water partition coefficient (Wildman–Crippen LogP) is 2.22. The SMILES string of the molecule is CC(C)n1ncnc1-c1cn2c(n1)-c1ccc(C3CCNCC3O)cc1OCC2. The van der Waals surface area contributed by atoms with Crippen LogP contribution in [-0.2, 0) is 6.54 Å². The van der Waals surface area contributed by atoms with E-state index in [9.17, 15) is 5.11 Å². The molecule has 1 saturated heterocycles. The zero-order valence-electron chi connectivity index (χ0n) is 16.7. The number of ether oxygens (including phenoxy) is 1. The highest BCUT2D eigenvalue weighted by Gasteiger charge is 2.27. The van der Waals surface area contributed by atoms with Crippen molar-refractivity contribution in [3.05, 3.63) is 36.3 Å². The molecule has 2 aliphatic rings. The van der Waals surface area contributed by atoms with E-state index in [1.807, 2.05) is 10.9 Å². The number of aromatic nitrogens is 5. The molecule has 2 aromatic heterocycles. The summed E-state index contributed by atoms with van der Waals surface area (Å²) < 4.78 is 10.1. The van der Waals surface area contributed by atoms with Gasteiger partial charge in [0, 0.05) is 24.7 Å². The summed E-state index contributed by atoms with van der Waals surface area (Å²) in [5.74, 6) is 2.61. The van der Waals surface area contributed by atoms with Gasteiger partial charge >= 0.3 is 0 Å². The van der Waals surface area contributed by atoms with Crippen molar-refractivity contribution in [2.75, 3.05) is 19.7 Å². The summed E-state index contributed by atoms with van der Waals surface area (Å²) in [6, 6.07) is 6.46. The van der Waals surface area contributed by atoms with E-state index >= 15 is 0 Å². The molecule has 0 aliphatic carbocycles. The number of aliphatic hydroxyl groups excluding tert-OH is 1. The van der Waals surface area contributed by atoms with Gasteiger partial charge < -0.3 is 19.7 Å². The van der Waals surface area contributed by atoms with E-state index < -0.39 is 0 Å². The van der Waals surface area contributed by atoms with E-state index in [1.165, 1.54) is 0 Å². The molecule has 2 atom stereocenters. The van der Waals surface area contributed by atoms with Gasteiger partial charge in [0.15, 0.2) is 5.82 Å². The molecule has 0 radical (unpaired) electrons. The zero-order valence-corrected chi connectivity index (χ0v) is 16.7. The van der Waals surface area contributed by atoms with Crippen molar-refractivity contribution < 1.29 is 9.84 Å². The van der Waals surface area contributed by atoms with Gasteiger partial charge in [0.05, 0.1) is 18.2 Å². The van der Waals surface area contributed by atoms with Gasteiger partial charge in [-0.2, -0.15) is 5.10 Å². The molecule has 2 unspecified atom stereocenters. The molecule has 5 rings (SSSR count). The van der Waals surface area contributed by atoms with Crippen LogP contribution in [0.25, 0.3) is 22.9 Å². The van der Waals surface area contributed by atoms with Crippen molar-refractivity contribution in [2.45, 2.75) is 44.9 Å². The topological polar surface area (TPSA) is 90.0 Å². The number of benzene rings is 1. The van der Waals surface area contributed by atoms with Gasteiger partial charge in [-0.15, -0.1) is 0 Å². The van der Waals surface area contributed by atoms with Gasteiger partial charge in [0.25, 0.3) is 0 Å². The van der Waals surface area contributed by atoms with Gasteiger partial charge in [0.2, 0.25) is 0 Å². The second-order valence-electron chi connectivity index (χ2n) is 8.04. The number of hydrogen-bond acceptors (Lipinski definition) is 6. The number of imidazole rings is 1. The fraction of sp³-hybridized carbons (Fsp3) is 0.476. The maximum Gasteiger partial charge on any atom is 0.178 e. The molecule has 3 aromatic rings. The van der Waals surface area contributed by atoms with Gasteiger partial charge in [0.1, 0.15) is 30.2 Å². The van der Waals surface area contributed by atoms with E-state index in [0.717, 1.165) is 53.7 Å². The molecule has 8 nitrogen and oxygen atoms in total. The third-order valence-corrected chi connectivity index (χ3v) is 5.78. The lowest BCUT2D eigenvalue weighted by molar-refractivity contribution is 0.118. The summed E-state index contributed by atoms with van der Waals surface area (Å²) in [4.78, 5) is 9.32. The fourth-order valence-electron chi connectivity index (χ4n) is 4.28. The highest BCUT2D eigenvalue weighted by Crippen LogP contribution is 2.37. The van der Waals surface area contributed by atoms with Crippen molar-refractivity contribution in [1.82, 2.24) is 29.6 Å². The Morgan fingerprint density at radius 3 is 3.00 bits per heavy atom. The van der Waals surface area contributed by atoms with Crippen molar-refractivity contribution in [3.63, 3.8) is 0 Å². The normalized spacial score (nSPS) is 21.4. The number of nitrogens with one attached hydrogen (secondary N) is 1. The van der Waals surface area contributed by atoms with Crippen LogP contribution in [0.5, 0.6) is 5.75 Å². The molecule has 4 heterocycles. The summed E-state index contributed by atoms with van der Waals surface area (Å²) in [6.45, 7) is 7.01. The number of rotatable bonds is 3. The molecular formula is C21H26N6O2. The van der Waals surface area contributed by atoms with Crippen LogP contribution in [-0.4, -0.2) is 55.2 Å². The minimum absolute atomic E-state index is 0.133. The molecule has 2 N–H and O–H groups in total. The van der Waals surface area contributed by atoms with Gasteiger partial charge in [-0.05, 0) is 44.5 Å². The summed E-state index contributed by atoms with van der Waals surface area (Å²) in [5.41, 5.74) is 2.91. The number of piperidine rings is 1. The molecule has 8 heteroatoms. The van der Waals surface area contributed by atoms with Gasteiger partial charge in [-0.25, -0.2) is 14.6 Å². The van der Waals surface area contributed by atoms with E-state index in [-0.39, 0.29) is 18.1 Å². The number of nitrogens with zero attached hydrogens (tertiary/aromatic N) is 5. The average Bonchev–Trinajstić information content (AvgIpc) is 3.32. The Morgan fingerprint density at radius 2 is 2.17 bits per heavy atom. The third kappa shape index (κ3) is 3.22. The Bertz CT molecular complexity index is 1020. The monoisotopic (exact) mass is 394 g/mol. The maximum atomic E-state index is 10.4. The minimum Gasteiger partial charge on any atom is -0.491 e. The molecule has 29 heavy (non-hydrogen) atoms. The van der Waals surface area contributed by atoms with Crippen LogP contribution in [0.3, 0.4) is 0 Å². The number of hydrogen-bond donors (Lipinski definition) is 2. The minimum atomic E-state index is -0.372. The molecule has 0 spiro atoms. The van der Waals surface area contributed by atoms with Crippen LogP contribution in [0.1, 0.15) is 37.8 Å². The summed E-state index contributed by atoms with van der Waals surface area (Å²) in [7, 11) is 0. The largest absolute Gasteiger partial charge is 0.491 e. The Hall–Kier alpha value is -2.71. The summed E-state index contributed by atoms with van der Waals surface area (Å²) in [6.07, 6.45) is 4.15. The molecular weight excluding hydrogens is 368 g/mol. The van der Waals surface area contributed by atoms with Crippen LogP contribution >= 0.6 is 0 Å². The van der Waals surface area contributed by atoms with E-state index in [0.29, 0.717) is 13.2 Å². The highest BCUT2D eigenvalue weighted by molar-refractivity contribution is 5.69. The van der Waals surface area contributed by atoms with Crippen LogP contribution in [0, 0.1) is 0 Å². The number of β-amino-alcohol motifs (C(OH)–C–C–N with tert-alkyl or cyclic N) is 1. The fourth-order valence-corrected chi connectivity index (χ4v) is 4.28. The first-order valence-corrected chi connectivity index (χ1v) is 10.2. The smallest absolute Gasteiger partial charge is 0.178 e. The van der Waals surface area contributed by atoms with E-state index in [2.05, 4.69) is 52.0 Å². The molecule has 0 bridgehead atoms. The Morgan fingerprint density at radius 1 is 1.28 bits per heavy atom. The summed E-state index contributed by atoms with van der Waals surface area (Å²) in [5, 5.41) is 18.0. The Kier molecular flexibility index (Phi) is 4.60. The third-order valence-electron chi connectivity index (χ3n) is 5.78. The van der Waals surface area contributed by atoms with E-state index in [4.69, 9.17) is 9.72 Å². The van der Waals surface area contributed by atoms with Crippen LogP contribution in [0.15, 0.2) is 30.7 Å². The highest BCUT2D eigenvalue weighted by atomic mass is 16.5. The van der Waals surface area contributed by atoms with Gasteiger partial charge in [-0.1, -0.05) is 6.07 Å². The molecule has 0 amide bonds. The lowest BCUT2D eigenvalue weighted by Crippen LogP contribution is -2.39. The van der Waals surface area contributed by atoms with Crippen molar-refractivity contribution >= 4 is 0 Å². The van der Waals surface area contributed by atoms with Crippen LogP contribution < -0.4 is 10.1 Å². The quantitative estimate of drug-likeness (QED) is 0.708. The van der Waals surface area contributed by atoms with Crippen molar-refractivity contribution in [3.8, 4) is 28.7 Å². The Labute approximate surface area is 169 Å². The zero-order chi connectivity index (χ0) is 20.0. The standard InChI is InChI=1S/C21H26N6O2/c1-13(2)27-21(23-12-24-27)17-11-26-7-8-29-19-9-14(3-4-16(19)20(26)25-17)15-5-6-22-10-18(15)28/h3-4,9,11-13,15,18,22,28H,5-8,10H2,1-2H3. The first-order valence-electron chi connectivity index (χ1n) is 10.2. The molecule has 1 fully saturated rings. The predicted molar refractivity (Wildman–Crippen MR) is 109 cm³/mol. The summed E-state index contributed by atoms with van der Waals surface area (Å²) >= 11 is 0. The van der Waals surface area contributed by atoms with E-state index in [1.54, 1.807) is 6.33 Å². The molecule has 152 valence electrons. The maximum absolute atomic E-state index is 10.4. The number of fused-ring (bicyclic) bond motifs is 3. The first-order chi connectivity index (χ1) is 14.1. The molecule has 1 aromatic carbocycles. The van der Waals surface area contributed by atoms with Crippen molar-refractivity contribution in [2.24, 2.45) is 0 Å². The van der Waals surface area contributed by atoms with Crippen LogP contribution in [0.4, 0.5) is 0 Å². The van der Waals surface area contributed by atoms with Crippen LogP contribution in [0.2, 0.25) is 0 Å². The van der Waals surface area contributed by atoms with Gasteiger partial charge in [-0.3, -0.25) is 0 Å². The second kappa shape index (κ2) is 7.27. The molecule has 0 saturated carbocycles. The second-order valence-corrected chi connectivity index (χ2v) is 8.04. The lowest BCUT2D eigenvalue weighted by atomic mass is 9.87. The first kappa shape index (κ1) is 18.3. The lowest BCUT2D eigenvalue weighted by Gasteiger charge is -2.29.